The maximum atomic E-state index is 11.9. The van der Waals surface area contributed by atoms with Crippen LogP contribution < -0.4 is 5.32 Å². The number of carbonyl (C=O) groups is 1. The number of rotatable bonds is 3. The molecule has 1 aromatic heterocycles. The number of nitrogens with zero attached hydrogens (tertiary/aromatic N) is 1. The lowest BCUT2D eigenvalue weighted by molar-refractivity contribution is -0.116. The minimum absolute atomic E-state index is 0.311. The summed E-state index contributed by atoms with van der Waals surface area (Å²) >= 11 is 12.0. The van der Waals surface area contributed by atoms with Crippen LogP contribution >= 0.6 is 23.2 Å². The average Bonchev–Trinajstić information content (AvgIpc) is 2.41. The van der Waals surface area contributed by atoms with Gasteiger partial charge in [-0.2, -0.15) is 0 Å². The van der Waals surface area contributed by atoms with Gasteiger partial charge in [0.2, 0.25) is 5.91 Å². The van der Waals surface area contributed by atoms with E-state index in [1.807, 2.05) is 18.2 Å². The van der Waals surface area contributed by atoms with Gasteiger partial charge in [0.1, 0.15) is 5.38 Å². The van der Waals surface area contributed by atoms with Crippen molar-refractivity contribution < 1.29 is 4.79 Å². The van der Waals surface area contributed by atoms with Crippen LogP contribution in [-0.4, -0.2) is 10.9 Å². The van der Waals surface area contributed by atoms with Crippen molar-refractivity contribution in [1.82, 2.24) is 4.98 Å². The summed E-state index contributed by atoms with van der Waals surface area (Å²) in [6.07, 6.45) is 1.55. The third-order valence-corrected chi connectivity index (χ3v) is 3.08. The highest BCUT2D eigenvalue weighted by Crippen LogP contribution is 2.24. The summed E-state index contributed by atoms with van der Waals surface area (Å²) in [4.78, 5) is 15.9. The SMILES string of the molecule is O=C(Nc1ncccc1Cl)C(Cl)c1ccccc1. The van der Waals surface area contributed by atoms with Gasteiger partial charge in [-0.25, -0.2) is 4.98 Å². The molecule has 1 aromatic carbocycles. The Morgan fingerprint density at radius 2 is 1.89 bits per heavy atom. The van der Waals surface area contributed by atoms with Crippen LogP contribution in [0.5, 0.6) is 0 Å². The minimum atomic E-state index is -0.774. The van der Waals surface area contributed by atoms with Crippen molar-refractivity contribution in [2.75, 3.05) is 5.32 Å². The molecule has 5 heteroatoms. The highest BCUT2D eigenvalue weighted by atomic mass is 35.5. The number of benzene rings is 1. The Morgan fingerprint density at radius 3 is 2.56 bits per heavy atom. The highest BCUT2D eigenvalue weighted by Gasteiger charge is 2.18. The van der Waals surface area contributed by atoms with E-state index in [0.29, 0.717) is 10.8 Å². The van der Waals surface area contributed by atoms with E-state index in [4.69, 9.17) is 23.2 Å². The molecule has 2 rings (SSSR count). The first-order valence-corrected chi connectivity index (χ1v) is 6.10. The quantitative estimate of drug-likeness (QED) is 0.872. The molecule has 1 unspecified atom stereocenters. The van der Waals surface area contributed by atoms with Crippen LogP contribution in [0.15, 0.2) is 48.7 Å². The van der Waals surface area contributed by atoms with Crippen LogP contribution in [0.1, 0.15) is 10.9 Å². The van der Waals surface area contributed by atoms with Crippen LogP contribution in [0.25, 0.3) is 0 Å². The van der Waals surface area contributed by atoms with E-state index in [1.165, 1.54) is 0 Å². The smallest absolute Gasteiger partial charge is 0.248 e. The van der Waals surface area contributed by atoms with Crippen LogP contribution in [0.3, 0.4) is 0 Å². The molecule has 0 aliphatic rings. The maximum Gasteiger partial charge on any atom is 0.248 e. The molecule has 1 N–H and O–H groups in total. The van der Waals surface area contributed by atoms with Crippen LogP contribution in [0.4, 0.5) is 5.82 Å². The van der Waals surface area contributed by atoms with E-state index >= 15 is 0 Å². The molecule has 18 heavy (non-hydrogen) atoms. The van der Waals surface area contributed by atoms with Gasteiger partial charge in [0.25, 0.3) is 0 Å². The third-order valence-electron chi connectivity index (χ3n) is 2.32. The molecule has 1 heterocycles. The monoisotopic (exact) mass is 280 g/mol. The van der Waals surface area contributed by atoms with Crippen LogP contribution in [0, 0.1) is 0 Å². The first-order valence-electron chi connectivity index (χ1n) is 5.29. The lowest BCUT2D eigenvalue weighted by Crippen LogP contribution is -2.18. The summed E-state index contributed by atoms with van der Waals surface area (Å²) in [6, 6.07) is 12.4. The molecule has 1 amide bonds. The number of anilines is 1. The van der Waals surface area contributed by atoms with E-state index in [-0.39, 0.29) is 5.91 Å². The Labute approximate surface area is 115 Å². The van der Waals surface area contributed by atoms with Crippen LogP contribution in [0.2, 0.25) is 5.02 Å². The van der Waals surface area contributed by atoms with Gasteiger partial charge in [-0.15, -0.1) is 11.6 Å². The fraction of sp³-hybridized carbons (Fsp3) is 0.0769. The standard InChI is InChI=1S/C13H10Cl2N2O/c14-10-7-4-8-16-12(10)17-13(18)11(15)9-5-2-1-3-6-9/h1-8,11H,(H,16,17,18). The topological polar surface area (TPSA) is 42.0 Å². The van der Waals surface area contributed by atoms with Crippen molar-refractivity contribution in [3.63, 3.8) is 0 Å². The van der Waals surface area contributed by atoms with Crippen molar-refractivity contribution in [2.45, 2.75) is 5.38 Å². The van der Waals surface area contributed by atoms with E-state index in [9.17, 15) is 4.79 Å². The number of halogens is 2. The van der Waals surface area contributed by atoms with E-state index in [2.05, 4.69) is 10.3 Å². The molecule has 3 nitrogen and oxygen atoms in total. The van der Waals surface area contributed by atoms with Gasteiger partial charge in [0, 0.05) is 6.20 Å². The van der Waals surface area contributed by atoms with Gasteiger partial charge in [0.05, 0.1) is 5.02 Å². The Bertz CT molecular complexity index is 546. The van der Waals surface area contributed by atoms with Crippen molar-refractivity contribution in [3.05, 3.63) is 59.2 Å². The van der Waals surface area contributed by atoms with Gasteiger partial charge in [-0.3, -0.25) is 4.79 Å². The summed E-state index contributed by atoms with van der Waals surface area (Å²) in [5.74, 6) is -0.0470. The molecule has 0 fully saturated rings. The molecule has 0 spiro atoms. The summed E-state index contributed by atoms with van der Waals surface area (Å²) < 4.78 is 0. The maximum absolute atomic E-state index is 11.9. The zero-order chi connectivity index (χ0) is 13.0. The van der Waals surface area contributed by atoms with Gasteiger partial charge in [-0.05, 0) is 17.7 Å². The first-order chi connectivity index (χ1) is 8.68. The fourth-order valence-corrected chi connectivity index (χ4v) is 1.80. The lowest BCUT2D eigenvalue weighted by Gasteiger charge is -2.10. The van der Waals surface area contributed by atoms with Crippen molar-refractivity contribution in [2.24, 2.45) is 0 Å². The van der Waals surface area contributed by atoms with Gasteiger partial charge >= 0.3 is 0 Å². The molecule has 1 atom stereocenters. The first kappa shape index (κ1) is 12.9. The van der Waals surface area contributed by atoms with E-state index in [0.717, 1.165) is 5.56 Å². The van der Waals surface area contributed by atoms with Crippen molar-refractivity contribution >= 4 is 34.9 Å². The van der Waals surface area contributed by atoms with Gasteiger partial charge < -0.3 is 5.32 Å². The number of pyridine rings is 1. The number of alkyl halides is 1. The summed E-state index contributed by atoms with van der Waals surface area (Å²) in [5, 5.41) is 2.20. The zero-order valence-corrected chi connectivity index (χ0v) is 10.8. The molecular formula is C13H10Cl2N2O. The third kappa shape index (κ3) is 3.00. The number of amides is 1. The predicted molar refractivity (Wildman–Crippen MR) is 72.9 cm³/mol. The largest absolute Gasteiger partial charge is 0.308 e. The second kappa shape index (κ2) is 5.85. The number of carbonyl (C=O) groups excluding carboxylic acids is 1. The lowest BCUT2D eigenvalue weighted by atomic mass is 10.1. The Morgan fingerprint density at radius 1 is 1.17 bits per heavy atom. The van der Waals surface area contributed by atoms with Gasteiger partial charge in [0.15, 0.2) is 5.82 Å². The second-order valence-electron chi connectivity index (χ2n) is 3.60. The number of hydrogen-bond acceptors (Lipinski definition) is 2. The Balaban J connectivity index is 2.12. The van der Waals surface area contributed by atoms with E-state index in [1.54, 1.807) is 30.5 Å². The summed E-state index contributed by atoms with van der Waals surface area (Å²) in [5.41, 5.74) is 0.726. The number of nitrogens with one attached hydrogen (secondary N) is 1. The molecule has 92 valence electrons. The molecule has 0 bridgehead atoms. The Kier molecular flexibility index (Phi) is 4.18. The van der Waals surface area contributed by atoms with Crippen LogP contribution in [-0.2, 0) is 4.79 Å². The fourth-order valence-electron chi connectivity index (χ4n) is 1.43. The Hall–Kier alpha value is -1.58. The summed E-state index contributed by atoms with van der Waals surface area (Å²) in [7, 11) is 0. The zero-order valence-electron chi connectivity index (χ0n) is 9.31. The minimum Gasteiger partial charge on any atom is -0.308 e. The molecule has 0 saturated carbocycles. The molecule has 0 aliphatic carbocycles. The molecule has 2 aromatic rings. The molecule has 0 saturated heterocycles. The van der Waals surface area contributed by atoms with Gasteiger partial charge in [-0.1, -0.05) is 41.9 Å². The molecule has 0 aliphatic heterocycles. The number of aromatic nitrogens is 1. The van der Waals surface area contributed by atoms with E-state index < -0.39 is 5.38 Å². The number of hydrogen-bond donors (Lipinski definition) is 1. The average molecular weight is 281 g/mol. The summed E-state index contributed by atoms with van der Waals surface area (Å²) in [6.45, 7) is 0. The highest BCUT2D eigenvalue weighted by molar-refractivity contribution is 6.35. The second-order valence-corrected chi connectivity index (χ2v) is 4.44. The normalized spacial score (nSPS) is 11.9. The van der Waals surface area contributed by atoms with Crippen molar-refractivity contribution in [1.29, 1.82) is 0 Å². The molecule has 0 radical (unpaired) electrons. The van der Waals surface area contributed by atoms with Crippen molar-refractivity contribution in [3.8, 4) is 0 Å². The molecular weight excluding hydrogens is 271 g/mol. The predicted octanol–water partition coefficient (Wildman–Crippen LogP) is 3.65.